The molecule has 2 N–H and O–H groups in total. The maximum Gasteiger partial charge on any atom is 0.343 e. The number of hydrogen-bond acceptors (Lipinski definition) is 6. The molecule has 2 aromatic rings. The molecule has 0 bridgehead atoms. The first-order chi connectivity index (χ1) is 15.0. The van der Waals surface area contributed by atoms with Crippen LogP contribution in [0.4, 0.5) is 0 Å². The molecule has 31 heavy (non-hydrogen) atoms. The molecule has 0 fully saturated rings. The Kier molecular flexibility index (Phi) is 7.22. The van der Waals surface area contributed by atoms with Gasteiger partial charge in [0, 0.05) is 6.54 Å². The average Bonchev–Trinajstić information content (AvgIpc) is 3.05. The van der Waals surface area contributed by atoms with Gasteiger partial charge in [-0.2, -0.15) is 0 Å². The van der Waals surface area contributed by atoms with Crippen LogP contribution in [-0.4, -0.2) is 35.9 Å². The Morgan fingerprint density at radius 3 is 2.48 bits per heavy atom. The number of nitrogens with one attached hydrogen (secondary N) is 1. The minimum absolute atomic E-state index is 0.0783. The van der Waals surface area contributed by atoms with Crippen LogP contribution in [0.5, 0.6) is 5.75 Å². The molecule has 1 aliphatic heterocycles. The zero-order chi connectivity index (χ0) is 22.2. The van der Waals surface area contributed by atoms with Crippen molar-refractivity contribution in [1.82, 2.24) is 5.32 Å². The van der Waals surface area contributed by atoms with E-state index in [0.29, 0.717) is 18.0 Å². The van der Waals surface area contributed by atoms with Crippen molar-refractivity contribution < 1.29 is 24.2 Å². The van der Waals surface area contributed by atoms with Crippen LogP contribution in [0.25, 0.3) is 6.08 Å². The van der Waals surface area contributed by atoms with Gasteiger partial charge in [0.1, 0.15) is 17.0 Å². The van der Waals surface area contributed by atoms with E-state index in [1.807, 2.05) is 30.3 Å². The second kappa shape index (κ2) is 10.2. The fourth-order valence-electron chi connectivity index (χ4n) is 2.95. The van der Waals surface area contributed by atoms with Crippen LogP contribution in [0, 0.1) is 0 Å². The summed E-state index contributed by atoms with van der Waals surface area (Å²) in [5.74, 6) is -0.479. The first-order valence-corrected chi connectivity index (χ1v) is 9.89. The quantitative estimate of drug-likeness (QED) is 0.637. The molecule has 1 heterocycles. The van der Waals surface area contributed by atoms with Gasteiger partial charge >= 0.3 is 5.97 Å². The van der Waals surface area contributed by atoms with Crippen LogP contribution in [0.3, 0.4) is 0 Å². The van der Waals surface area contributed by atoms with Crippen molar-refractivity contribution in [2.24, 2.45) is 4.99 Å². The molecule has 3 rings (SSSR count). The zero-order valence-corrected chi connectivity index (χ0v) is 17.4. The molecule has 2 aromatic carbocycles. The van der Waals surface area contributed by atoms with Gasteiger partial charge in [-0.1, -0.05) is 42.5 Å². The standard InChI is InChI=1S/C24H24N2O5/c1-3-30-24(29)22-16(2)26-20(23(22)28)13-17-9-11-19(12-10-17)31-15-21(27)25-14-18-7-5-4-6-8-18/h4-13,28H,3,14-15H2,1-2H3,(H,25,27)/b20-13+. The summed E-state index contributed by atoms with van der Waals surface area (Å²) < 4.78 is 10.5. The van der Waals surface area contributed by atoms with E-state index in [2.05, 4.69) is 10.3 Å². The number of esters is 1. The van der Waals surface area contributed by atoms with Gasteiger partial charge in [-0.15, -0.1) is 0 Å². The molecule has 160 valence electrons. The Hall–Kier alpha value is -3.87. The van der Waals surface area contributed by atoms with E-state index in [0.717, 1.165) is 11.1 Å². The van der Waals surface area contributed by atoms with E-state index in [1.54, 1.807) is 44.2 Å². The number of aliphatic hydroxyl groups excluding tert-OH is 1. The van der Waals surface area contributed by atoms with Crippen LogP contribution < -0.4 is 10.1 Å². The molecule has 7 nitrogen and oxygen atoms in total. The number of carbonyl (C=O) groups is 2. The maximum absolute atomic E-state index is 12.0. The summed E-state index contributed by atoms with van der Waals surface area (Å²) in [6, 6.07) is 16.6. The van der Waals surface area contributed by atoms with Crippen molar-refractivity contribution in [3.63, 3.8) is 0 Å². The van der Waals surface area contributed by atoms with Crippen molar-refractivity contribution >= 4 is 23.7 Å². The number of aliphatic imine (C=N–C) groups is 1. The lowest BCUT2D eigenvalue weighted by Crippen LogP contribution is -2.28. The van der Waals surface area contributed by atoms with Crippen molar-refractivity contribution in [3.05, 3.63) is 82.8 Å². The summed E-state index contributed by atoms with van der Waals surface area (Å²) in [7, 11) is 0. The van der Waals surface area contributed by atoms with Gasteiger partial charge in [0.2, 0.25) is 0 Å². The normalized spacial score (nSPS) is 14.4. The minimum Gasteiger partial charge on any atom is -0.505 e. The summed E-state index contributed by atoms with van der Waals surface area (Å²) in [6.45, 7) is 3.91. The van der Waals surface area contributed by atoms with Gasteiger partial charge in [-0.25, -0.2) is 9.79 Å². The minimum atomic E-state index is -0.598. The van der Waals surface area contributed by atoms with Gasteiger partial charge in [0.05, 0.1) is 12.3 Å². The average molecular weight is 420 g/mol. The predicted molar refractivity (Wildman–Crippen MR) is 118 cm³/mol. The molecule has 0 radical (unpaired) electrons. The maximum atomic E-state index is 12.0. The summed E-state index contributed by atoms with van der Waals surface area (Å²) in [6.07, 6.45) is 1.65. The topological polar surface area (TPSA) is 97.2 Å². The van der Waals surface area contributed by atoms with Crippen LogP contribution in [0.2, 0.25) is 0 Å². The lowest BCUT2D eigenvalue weighted by atomic mass is 10.1. The largest absolute Gasteiger partial charge is 0.505 e. The van der Waals surface area contributed by atoms with Crippen LogP contribution in [-0.2, 0) is 20.9 Å². The van der Waals surface area contributed by atoms with E-state index in [9.17, 15) is 14.7 Å². The number of amides is 1. The Balaban J connectivity index is 1.56. The number of aliphatic hydroxyl groups is 1. The van der Waals surface area contributed by atoms with Gasteiger partial charge in [-0.3, -0.25) is 4.79 Å². The summed E-state index contributed by atoms with van der Waals surface area (Å²) in [5, 5.41) is 13.1. The van der Waals surface area contributed by atoms with E-state index >= 15 is 0 Å². The van der Waals surface area contributed by atoms with E-state index in [1.165, 1.54) is 0 Å². The molecule has 0 saturated heterocycles. The fraction of sp³-hybridized carbons (Fsp3) is 0.208. The Morgan fingerprint density at radius 1 is 1.10 bits per heavy atom. The highest BCUT2D eigenvalue weighted by atomic mass is 16.5. The molecule has 1 aliphatic rings. The van der Waals surface area contributed by atoms with Crippen molar-refractivity contribution in [2.75, 3.05) is 13.2 Å². The summed E-state index contributed by atoms with van der Waals surface area (Å²) >= 11 is 0. The second-order valence-corrected chi connectivity index (χ2v) is 6.79. The smallest absolute Gasteiger partial charge is 0.343 e. The predicted octanol–water partition coefficient (Wildman–Crippen LogP) is 3.57. The third-order valence-electron chi connectivity index (χ3n) is 4.49. The molecule has 0 aromatic heterocycles. The zero-order valence-electron chi connectivity index (χ0n) is 17.4. The Labute approximate surface area is 180 Å². The van der Waals surface area contributed by atoms with Crippen molar-refractivity contribution in [3.8, 4) is 5.75 Å². The van der Waals surface area contributed by atoms with E-state index in [-0.39, 0.29) is 36.2 Å². The first-order valence-electron chi connectivity index (χ1n) is 9.89. The van der Waals surface area contributed by atoms with Gasteiger partial charge < -0.3 is 19.9 Å². The molecule has 0 atom stereocenters. The number of carbonyl (C=O) groups excluding carboxylic acids is 2. The number of hydrogen-bond donors (Lipinski definition) is 2. The van der Waals surface area contributed by atoms with Crippen LogP contribution in [0.1, 0.15) is 25.0 Å². The van der Waals surface area contributed by atoms with Crippen molar-refractivity contribution in [2.45, 2.75) is 20.4 Å². The SMILES string of the molecule is CCOC(=O)C1=C(O)/C(=C\c2ccc(OCC(=O)NCc3ccccc3)cc2)N=C1C. The van der Waals surface area contributed by atoms with Crippen LogP contribution >= 0.6 is 0 Å². The molecule has 0 unspecified atom stereocenters. The first kappa shape index (κ1) is 21.8. The molecule has 1 amide bonds. The molecule has 0 spiro atoms. The second-order valence-electron chi connectivity index (χ2n) is 6.79. The highest BCUT2D eigenvalue weighted by Gasteiger charge is 2.27. The Bertz CT molecular complexity index is 1040. The molecular formula is C24H24N2O5. The van der Waals surface area contributed by atoms with Gasteiger partial charge in [-0.05, 0) is 43.2 Å². The summed E-state index contributed by atoms with van der Waals surface area (Å²) in [4.78, 5) is 28.2. The van der Waals surface area contributed by atoms with Gasteiger partial charge in [0.15, 0.2) is 12.4 Å². The van der Waals surface area contributed by atoms with Crippen molar-refractivity contribution in [1.29, 1.82) is 0 Å². The van der Waals surface area contributed by atoms with E-state index in [4.69, 9.17) is 9.47 Å². The fourth-order valence-corrected chi connectivity index (χ4v) is 2.95. The lowest BCUT2D eigenvalue weighted by molar-refractivity contribution is -0.138. The Morgan fingerprint density at radius 2 is 1.81 bits per heavy atom. The third-order valence-corrected chi connectivity index (χ3v) is 4.49. The van der Waals surface area contributed by atoms with E-state index < -0.39 is 5.97 Å². The highest BCUT2D eigenvalue weighted by Crippen LogP contribution is 2.26. The number of rotatable bonds is 8. The molecular weight excluding hydrogens is 396 g/mol. The molecule has 0 aliphatic carbocycles. The highest BCUT2D eigenvalue weighted by molar-refractivity contribution is 6.22. The lowest BCUT2D eigenvalue weighted by Gasteiger charge is -2.08. The number of benzene rings is 2. The monoisotopic (exact) mass is 420 g/mol. The number of ether oxygens (including phenoxy) is 2. The molecule has 7 heteroatoms. The van der Waals surface area contributed by atoms with Gasteiger partial charge in [0.25, 0.3) is 5.91 Å². The molecule has 0 saturated carbocycles. The third kappa shape index (κ3) is 5.82. The van der Waals surface area contributed by atoms with Crippen LogP contribution in [0.15, 0.2) is 76.6 Å². The number of nitrogens with zero attached hydrogens (tertiary/aromatic N) is 1. The summed E-state index contributed by atoms with van der Waals surface area (Å²) in [5.41, 5.74) is 2.54.